The Hall–Kier alpha value is -2.09. The monoisotopic (exact) mass is 267 g/mol. The second-order valence-corrected chi connectivity index (χ2v) is 4.91. The molecule has 0 saturated carbocycles. The van der Waals surface area contributed by atoms with Gasteiger partial charge in [0.25, 0.3) is 0 Å². The second kappa shape index (κ2) is 6.90. The zero-order valence-corrected chi connectivity index (χ0v) is 12.2. The molecule has 2 aromatic rings. The molecule has 0 aliphatic carbocycles. The van der Waals surface area contributed by atoms with Crippen LogP contribution in [0.2, 0.25) is 0 Å². The molecule has 0 fully saturated rings. The fourth-order valence-corrected chi connectivity index (χ4v) is 2.32. The van der Waals surface area contributed by atoms with Gasteiger partial charge in [-0.15, -0.1) is 0 Å². The maximum Gasteiger partial charge on any atom is 0.161 e. The van der Waals surface area contributed by atoms with E-state index in [0.29, 0.717) is 0 Å². The van der Waals surface area contributed by atoms with Crippen LogP contribution >= 0.6 is 0 Å². The molecule has 0 aliphatic rings. The van der Waals surface area contributed by atoms with Crippen molar-refractivity contribution in [3.63, 3.8) is 0 Å². The van der Waals surface area contributed by atoms with Gasteiger partial charge in [0, 0.05) is 17.8 Å². The molecule has 2 rings (SSSR count). The largest absolute Gasteiger partial charge is 0.341 e. The lowest BCUT2D eigenvalue weighted by Crippen LogP contribution is -2.20. The van der Waals surface area contributed by atoms with Crippen LogP contribution in [0.15, 0.2) is 54.6 Å². The number of hydrogen-bond acceptors (Lipinski definition) is 2. The third-order valence-electron chi connectivity index (χ3n) is 3.38. The zero-order chi connectivity index (χ0) is 14.4. The Morgan fingerprint density at radius 1 is 1.00 bits per heavy atom. The number of unbranched alkanes of at least 4 members (excludes halogenated alkanes) is 1. The molecule has 0 unspecified atom stereocenters. The third-order valence-corrected chi connectivity index (χ3v) is 3.38. The SMILES string of the molecule is CCCCN(c1ccccc1)c1ccccc1C(C)=O. The van der Waals surface area contributed by atoms with Crippen molar-refractivity contribution in [2.24, 2.45) is 0 Å². The third kappa shape index (κ3) is 3.27. The Kier molecular flexibility index (Phi) is 4.94. The molecule has 0 amide bonds. The lowest BCUT2D eigenvalue weighted by Gasteiger charge is -2.26. The molecule has 0 spiro atoms. The Morgan fingerprint density at radius 2 is 1.65 bits per heavy atom. The van der Waals surface area contributed by atoms with E-state index in [9.17, 15) is 4.79 Å². The summed E-state index contributed by atoms with van der Waals surface area (Å²) in [5.74, 6) is 0.109. The minimum absolute atomic E-state index is 0.109. The van der Waals surface area contributed by atoms with Gasteiger partial charge >= 0.3 is 0 Å². The van der Waals surface area contributed by atoms with E-state index >= 15 is 0 Å². The van der Waals surface area contributed by atoms with E-state index in [4.69, 9.17) is 0 Å². The molecule has 0 heterocycles. The zero-order valence-electron chi connectivity index (χ0n) is 12.2. The summed E-state index contributed by atoms with van der Waals surface area (Å²) in [4.78, 5) is 14.1. The fraction of sp³-hybridized carbons (Fsp3) is 0.278. The number of anilines is 2. The Bertz CT molecular complexity index is 563. The van der Waals surface area contributed by atoms with Gasteiger partial charge in [-0.1, -0.05) is 43.7 Å². The van der Waals surface area contributed by atoms with E-state index < -0.39 is 0 Å². The van der Waals surface area contributed by atoms with Gasteiger partial charge in [-0.05, 0) is 37.6 Å². The van der Waals surface area contributed by atoms with Crippen molar-refractivity contribution in [2.75, 3.05) is 11.4 Å². The van der Waals surface area contributed by atoms with E-state index in [-0.39, 0.29) is 5.78 Å². The summed E-state index contributed by atoms with van der Waals surface area (Å²) >= 11 is 0. The number of nitrogens with zero attached hydrogens (tertiary/aromatic N) is 1. The average molecular weight is 267 g/mol. The van der Waals surface area contributed by atoms with Crippen LogP contribution in [-0.4, -0.2) is 12.3 Å². The average Bonchev–Trinajstić information content (AvgIpc) is 2.49. The molecule has 0 N–H and O–H groups in total. The van der Waals surface area contributed by atoms with Crippen LogP contribution in [0.4, 0.5) is 11.4 Å². The van der Waals surface area contributed by atoms with Gasteiger partial charge < -0.3 is 4.90 Å². The first-order valence-corrected chi connectivity index (χ1v) is 7.16. The van der Waals surface area contributed by atoms with Crippen molar-refractivity contribution in [1.82, 2.24) is 0 Å². The minimum Gasteiger partial charge on any atom is -0.341 e. The number of Topliss-reactive ketones (excluding diaryl/α,β-unsaturated/α-hetero) is 1. The maximum absolute atomic E-state index is 11.8. The van der Waals surface area contributed by atoms with Crippen molar-refractivity contribution in [3.8, 4) is 0 Å². The number of benzene rings is 2. The summed E-state index contributed by atoms with van der Waals surface area (Å²) in [7, 11) is 0. The van der Waals surface area contributed by atoms with Crippen LogP contribution in [0.1, 0.15) is 37.0 Å². The van der Waals surface area contributed by atoms with E-state index in [0.717, 1.165) is 36.3 Å². The van der Waals surface area contributed by atoms with Crippen LogP contribution in [0.5, 0.6) is 0 Å². The lowest BCUT2D eigenvalue weighted by molar-refractivity contribution is 0.101. The molecule has 2 heteroatoms. The van der Waals surface area contributed by atoms with Gasteiger partial charge in [0.15, 0.2) is 5.78 Å². The van der Waals surface area contributed by atoms with Crippen molar-refractivity contribution in [1.29, 1.82) is 0 Å². The van der Waals surface area contributed by atoms with Gasteiger partial charge in [-0.2, -0.15) is 0 Å². The number of ketones is 1. The van der Waals surface area contributed by atoms with Crippen molar-refractivity contribution in [3.05, 3.63) is 60.2 Å². The van der Waals surface area contributed by atoms with E-state index in [2.05, 4.69) is 24.0 Å². The summed E-state index contributed by atoms with van der Waals surface area (Å²) in [5.41, 5.74) is 2.92. The highest BCUT2D eigenvalue weighted by molar-refractivity contribution is 6.00. The summed E-state index contributed by atoms with van der Waals surface area (Å²) in [5, 5.41) is 0. The van der Waals surface area contributed by atoms with Crippen LogP contribution in [0.3, 0.4) is 0 Å². The molecule has 0 atom stereocenters. The summed E-state index contributed by atoms with van der Waals surface area (Å²) < 4.78 is 0. The molecule has 0 bridgehead atoms. The molecular weight excluding hydrogens is 246 g/mol. The lowest BCUT2D eigenvalue weighted by atomic mass is 10.1. The highest BCUT2D eigenvalue weighted by Crippen LogP contribution is 2.29. The topological polar surface area (TPSA) is 20.3 Å². The second-order valence-electron chi connectivity index (χ2n) is 4.91. The predicted octanol–water partition coefficient (Wildman–Crippen LogP) is 4.83. The van der Waals surface area contributed by atoms with Crippen LogP contribution in [0.25, 0.3) is 0 Å². The molecule has 0 aliphatic heterocycles. The molecular formula is C18H21NO. The fourth-order valence-electron chi connectivity index (χ4n) is 2.32. The molecule has 0 aromatic heterocycles. The van der Waals surface area contributed by atoms with Gasteiger partial charge in [-0.3, -0.25) is 4.79 Å². The van der Waals surface area contributed by atoms with Gasteiger partial charge in [0.05, 0.1) is 5.69 Å². The molecule has 2 aromatic carbocycles. The molecule has 20 heavy (non-hydrogen) atoms. The van der Waals surface area contributed by atoms with Gasteiger partial charge in [0.1, 0.15) is 0 Å². The minimum atomic E-state index is 0.109. The predicted molar refractivity (Wildman–Crippen MR) is 84.8 cm³/mol. The number of carbonyl (C=O) groups is 1. The smallest absolute Gasteiger partial charge is 0.161 e. The maximum atomic E-state index is 11.8. The molecule has 2 nitrogen and oxygen atoms in total. The summed E-state index contributed by atoms with van der Waals surface area (Å²) in [6.07, 6.45) is 2.23. The van der Waals surface area contributed by atoms with Crippen molar-refractivity contribution in [2.45, 2.75) is 26.7 Å². The van der Waals surface area contributed by atoms with Crippen molar-refractivity contribution < 1.29 is 4.79 Å². The van der Waals surface area contributed by atoms with Gasteiger partial charge in [0.2, 0.25) is 0 Å². The quantitative estimate of drug-likeness (QED) is 0.699. The molecule has 0 saturated heterocycles. The number of carbonyl (C=O) groups excluding carboxylic acids is 1. The molecule has 104 valence electrons. The highest BCUT2D eigenvalue weighted by Gasteiger charge is 2.14. The van der Waals surface area contributed by atoms with E-state index in [1.807, 2.05) is 42.5 Å². The summed E-state index contributed by atoms with van der Waals surface area (Å²) in [6, 6.07) is 18.1. The number of rotatable bonds is 6. The standard InChI is InChI=1S/C18H21NO/c1-3-4-14-19(16-10-6-5-7-11-16)18-13-9-8-12-17(18)15(2)20/h5-13H,3-4,14H2,1-2H3. The van der Waals surface area contributed by atoms with Gasteiger partial charge in [-0.25, -0.2) is 0 Å². The first-order valence-electron chi connectivity index (χ1n) is 7.16. The summed E-state index contributed by atoms with van der Waals surface area (Å²) in [6.45, 7) is 4.73. The number of para-hydroxylation sites is 2. The first kappa shape index (κ1) is 14.3. The first-order chi connectivity index (χ1) is 9.74. The van der Waals surface area contributed by atoms with E-state index in [1.54, 1.807) is 6.92 Å². The van der Waals surface area contributed by atoms with Crippen LogP contribution in [0, 0.1) is 0 Å². The highest BCUT2D eigenvalue weighted by atomic mass is 16.1. The van der Waals surface area contributed by atoms with Crippen LogP contribution < -0.4 is 4.90 Å². The Balaban J connectivity index is 2.44. The van der Waals surface area contributed by atoms with E-state index in [1.165, 1.54) is 0 Å². The molecule has 0 radical (unpaired) electrons. The Labute approximate surface area is 121 Å². The normalized spacial score (nSPS) is 10.3. The number of hydrogen-bond donors (Lipinski definition) is 0. The van der Waals surface area contributed by atoms with Crippen molar-refractivity contribution >= 4 is 17.2 Å². The Morgan fingerprint density at radius 3 is 2.30 bits per heavy atom. The van der Waals surface area contributed by atoms with Crippen LogP contribution in [-0.2, 0) is 0 Å².